The highest BCUT2D eigenvalue weighted by atomic mass is 79.9. The zero-order valence-corrected chi connectivity index (χ0v) is 13.2. The molecular weight excluding hydrogens is 348 g/mol. The Hall–Kier alpha value is -2.41. The second-order valence-corrected chi connectivity index (χ2v) is 5.48. The normalized spacial score (nSPS) is 10.6. The SMILES string of the molecule is O=C(COc1ccc(Br)cc1)NCc1nnc2ccccn12. The van der Waals surface area contributed by atoms with Crippen LogP contribution in [0.25, 0.3) is 5.65 Å². The van der Waals surface area contributed by atoms with Gasteiger partial charge in [-0.2, -0.15) is 0 Å². The van der Waals surface area contributed by atoms with E-state index >= 15 is 0 Å². The van der Waals surface area contributed by atoms with E-state index in [9.17, 15) is 4.79 Å². The first-order valence-corrected chi connectivity index (χ1v) is 7.45. The molecule has 2 aromatic heterocycles. The number of aromatic nitrogens is 3. The minimum Gasteiger partial charge on any atom is -0.484 e. The van der Waals surface area contributed by atoms with Gasteiger partial charge in [-0.05, 0) is 36.4 Å². The number of carbonyl (C=O) groups is 1. The van der Waals surface area contributed by atoms with Gasteiger partial charge in [0, 0.05) is 10.7 Å². The summed E-state index contributed by atoms with van der Waals surface area (Å²) < 4.78 is 8.19. The van der Waals surface area contributed by atoms with E-state index in [1.54, 1.807) is 12.1 Å². The summed E-state index contributed by atoms with van der Waals surface area (Å²) >= 11 is 3.34. The molecule has 2 heterocycles. The molecule has 0 atom stereocenters. The molecule has 0 radical (unpaired) electrons. The van der Waals surface area contributed by atoms with Gasteiger partial charge in [0.05, 0.1) is 6.54 Å². The number of rotatable bonds is 5. The van der Waals surface area contributed by atoms with Crippen molar-refractivity contribution in [1.29, 1.82) is 0 Å². The third kappa shape index (κ3) is 3.43. The Morgan fingerprint density at radius 1 is 1.18 bits per heavy atom. The molecule has 112 valence electrons. The average molecular weight is 361 g/mol. The lowest BCUT2D eigenvalue weighted by Gasteiger charge is -2.07. The van der Waals surface area contributed by atoms with E-state index in [1.807, 2.05) is 40.9 Å². The van der Waals surface area contributed by atoms with Gasteiger partial charge < -0.3 is 10.1 Å². The molecule has 0 aliphatic heterocycles. The first kappa shape index (κ1) is 14.5. The molecule has 0 aliphatic carbocycles. The molecule has 0 spiro atoms. The maximum Gasteiger partial charge on any atom is 0.258 e. The number of halogens is 1. The van der Waals surface area contributed by atoms with Gasteiger partial charge in [-0.15, -0.1) is 10.2 Å². The van der Waals surface area contributed by atoms with Gasteiger partial charge in [-0.25, -0.2) is 0 Å². The van der Waals surface area contributed by atoms with Crippen LogP contribution in [0, 0.1) is 0 Å². The van der Waals surface area contributed by atoms with E-state index in [2.05, 4.69) is 31.4 Å². The maximum absolute atomic E-state index is 11.8. The third-order valence-corrected chi connectivity index (χ3v) is 3.54. The fraction of sp³-hybridized carbons (Fsp3) is 0.133. The summed E-state index contributed by atoms with van der Waals surface area (Å²) in [7, 11) is 0. The summed E-state index contributed by atoms with van der Waals surface area (Å²) in [6.45, 7) is 0.256. The minimum absolute atomic E-state index is 0.0433. The smallest absolute Gasteiger partial charge is 0.258 e. The van der Waals surface area contributed by atoms with Crippen LogP contribution in [0.15, 0.2) is 53.1 Å². The molecule has 3 aromatic rings. The molecule has 1 N–H and O–H groups in total. The van der Waals surface area contributed by atoms with Crippen molar-refractivity contribution in [2.75, 3.05) is 6.61 Å². The quantitative estimate of drug-likeness (QED) is 0.757. The van der Waals surface area contributed by atoms with Crippen LogP contribution in [0.1, 0.15) is 5.82 Å². The Morgan fingerprint density at radius 2 is 2.00 bits per heavy atom. The molecule has 3 rings (SSSR count). The van der Waals surface area contributed by atoms with Crippen molar-refractivity contribution in [2.24, 2.45) is 0 Å². The first-order valence-electron chi connectivity index (χ1n) is 6.66. The molecule has 1 amide bonds. The van der Waals surface area contributed by atoms with Crippen LogP contribution in [0.5, 0.6) is 5.75 Å². The van der Waals surface area contributed by atoms with Crippen LogP contribution in [-0.2, 0) is 11.3 Å². The van der Waals surface area contributed by atoms with Gasteiger partial charge in [0.2, 0.25) is 0 Å². The number of hydrogen-bond donors (Lipinski definition) is 1. The van der Waals surface area contributed by atoms with E-state index in [-0.39, 0.29) is 12.5 Å². The van der Waals surface area contributed by atoms with Crippen molar-refractivity contribution in [3.63, 3.8) is 0 Å². The lowest BCUT2D eigenvalue weighted by molar-refractivity contribution is -0.123. The standard InChI is InChI=1S/C15H13BrN4O2/c16-11-4-6-12(7-5-11)22-10-15(21)17-9-14-19-18-13-3-1-2-8-20(13)14/h1-8H,9-10H2,(H,17,21). The second-order valence-electron chi connectivity index (χ2n) is 4.56. The highest BCUT2D eigenvalue weighted by Crippen LogP contribution is 2.15. The Bertz CT molecular complexity index is 786. The second kappa shape index (κ2) is 6.57. The van der Waals surface area contributed by atoms with Gasteiger partial charge in [-0.3, -0.25) is 9.20 Å². The molecular formula is C15H13BrN4O2. The molecule has 6 nitrogen and oxygen atoms in total. The lowest BCUT2D eigenvalue weighted by atomic mass is 10.3. The lowest BCUT2D eigenvalue weighted by Crippen LogP contribution is -2.29. The number of nitrogens with one attached hydrogen (secondary N) is 1. The Kier molecular flexibility index (Phi) is 4.34. The predicted octanol–water partition coefficient (Wildman–Crippen LogP) is 2.19. The van der Waals surface area contributed by atoms with Crippen LogP contribution >= 0.6 is 15.9 Å². The zero-order valence-electron chi connectivity index (χ0n) is 11.6. The largest absolute Gasteiger partial charge is 0.484 e. The van der Waals surface area contributed by atoms with Gasteiger partial charge in [-0.1, -0.05) is 22.0 Å². The number of fused-ring (bicyclic) bond motifs is 1. The monoisotopic (exact) mass is 360 g/mol. The van der Waals surface area contributed by atoms with E-state index in [1.165, 1.54) is 0 Å². The third-order valence-electron chi connectivity index (χ3n) is 3.01. The first-order chi connectivity index (χ1) is 10.7. The summed E-state index contributed by atoms with van der Waals surface area (Å²) in [5.74, 6) is 1.11. The van der Waals surface area contributed by atoms with Crippen LogP contribution in [-0.4, -0.2) is 27.1 Å². The highest BCUT2D eigenvalue weighted by molar-refractivity contribution is 9.10. The number of carbonyl (C=O) groups excluding carboxylic acids is 1. The number of ether oxygens (including phenoxy) is 1. The fourth-order valence-electron chi connectivity index (χ4n) is 1.92. The zero-order chi connectivity index (χ0) is 15.4. The highest BCUT2D eigenvalue weighted by Gasteiger charge is 2.07. The summed E-state index contributed by atoms with van der Waals surface area (Å²) in [4.78, 5) is 11.8. The summed E-state index contributed by atoms with van der Waals surface area (Å²) in [5, 5.41) is 10.8. The van der Waals surface area contributed by atoms with E-state index in [0.29, 0.717) is 18.1 Å². The maximum atomic E-state index is 11.8. The molecule has 7 heteroatoms. The van der Waals surface area contributed by atoms with Crippen LogP contribution in [0.3, 0.4) is 0 Å². The molecule has 0 fully saturated rings. The van der Waals surface area contributed by atoms with E-state index in [4.69, 9.17) is 4.74 Å². The molecule has 0 aliphatic rings. The van der Waals surface area contributed by atoms with Crippen molar-refractivity contribution in [3.8, 4) is 5.75 Å². The molecule has 1 aromatic carbocycles. The van der Waals surface area contributed by atoms with Crippen molar-refractivity contribution < 1.29 is 9.53 Å². The number of pyridine rings is 1. The van der Waals surface area contributed by atoms with E-state index in [0.717, 1.165) is 10.1 Å². The fourth-order valence-corrected chi connectivity index (χ4v) is 2.18. The molecule has 0 saturated carbocycles. The Balaban J connectivity index is 1.53. The Morgan fingerprint density at radius 3 is 2.82 bits per heavy atom. The number of nitrogens with zero attached hydrogens (tertiary/aromatic N) is 3. The predicted molar refractivity (Wildman–Crippen MR) is 84.5 cm³/mol. The van der Waals surface area contributed by atoms with Gasteiger partial charge >= 0.3 is 0 Å². The van der Waals surface area contributed by atoms with Crippen LogP contribution < -0.4 is 10.1 Å². The van der Waals surface area contributed by atoms with Crippen molar-refractivity contribution in [1.82, 2.24) is 19.9 Å². The molecule has 0 saturated heterocycles. The number of benzene rings is 1. The molecule has 22 heavy (non-hydrogen) atoms. The van der Waals surface area contributed by atoms with E-state index < -0.39 is 0 Å². The van der Waals surface area contributed by atoms with Crippen molar-refractivity contribution >= 4 is 27.5 Å². The summed E-state index contributed by atoms with van der Waals surface area (Å²) in [6.07, 6.45) is 1.86. The van der Waals surface area contributed by atoms with Crippen molar-refractivity contribution in [2.45, 2.75) is 6.54 Å². The average Bonchev–Trinajstić information content (AvgIpc) is 2.96. The summed E-state index contributed by atoms with van der Waals surface area (Å²) in [6, 6.07) is 12.9. The number of amides is 1. The minimum atomic E-state index is -0.212. The van der Waals surface area contributed by atoms with Gasteiger partial charge in [0.1, 0.15) is 5.75 Å². The van der Waals surface area contributed by atoms with Crippen LogP contribution in [0.4, 0.5) is 0 Å². The number of hydrogen-bond acceptors (Lipinski definition) is 4. The van der Waals surface area contributed by atoms with Crippen LogP contribution in [0.2, 0.25) is 0 Å². The molecule has 0 bridgehead atoms. The van der Waals surface area contributed by atoms with Gasteiger partial charge in [0.25, 0.3) is 5.91 Å². The van der Waals surface area contributed by atoms with Gasteiger partial charge in [0.15, 0.2) is 18.1 Å². The topological polar surface area (TPSA) is 68.5 Å². The Labute approximate surface area is 135 Å². The summed E-state index contributed by atoms with van der Waals surface area (Å²) in [5.41, 5.74) is 0.748. The van der Waals surface area contributed by atoms with Crippen molar-refractivity contribution in [3.05, 3.63) is 59.0 Å². The molecule has 0 unspecified atom stereocenters.